The van der Waals surface area contributed by atoms with Crippen LogP contribution in [0, 0.1) is 0 Å². The summed E-state index contributed by atoms with van der Waals surface area (Å²) in [4.78, 5) is 12.5. The molecule has 1 atom stereocenters. The lowest BCUT2D eigenvalue weighted by atomic mass is 9.87. The van der Waals surface area contributed by atoms with Gasteiger partial charge in [0, 0.05) is 13.0 Å². The van der Waals surface area contributed by atoms with Gasteiger partial charge in [0.05, 0.1) is 24.6 Å². The highest BCUT2D eigenvalue weighted by Gasteiger charge is 2.22. The van der Waals surface area contributed by atoms with Crippen LogP contribution in [0.3, 0.4) is 0 Å². The first-order valence-electron chi connectivity index (χ1n) is 10.5. The third-order valence-corrected chi connectivity index (χ3v) is 6.50. The summed E-state index contributed by atoms with van der Waals surface area (Å²) in [6.07, 6.45) is 4.95. The number of rotatable bonds is 9. The zero-order chi connectivity index (χ0) is 21.6. The van der Waals surface area contributed by atoms with Gasteiger partial charge in [-0.2, -0.15) is 0 Å². The molecule has 0 fully saturated rings. The van der Waals surface area contributed by atoms with Crippen molar-refractivity contribution in [1.29, 1.82) is 0 Å². The maximum absolute atomic E-state index is 12.5. The molecule has 1 N–H and O–H groups in total. The number of fused-ring (bicyclic) bond motifs is 1. The van der Waals surface area contributed by atoms with E-state index in [0.29, 0.717) is 24.5 Å². The number of sulfonamides is 1. The number of carbonyl (C=O) groups is 1. The summed E-state index contributed by atoms with van der Waals surface area (Å²) in [6.45, 7) is 2.70. The fourth-order valence-corrected chi connectivity index (χ4v) is 4.88. The molecular weight excluding hydrogens is 400 g/mol. The highest BCUT2D eigenvalue weighted by molar-refractivity contribution is 7.92. The topological polar surface area (TPSA) is 75.7 Å². The van der Waals surface area contributed by atoms with Crippen molar-refractivity contribution in [3.8, 4) is 5.75 Å². The number of amides is 1. The van der Waals surface area contributed by atoms with Gasteiger partial charge >= 0.3 is 0 Å². The molecule has 0 aromatic heterocycles. The van der Waals surface area contributed by atoms with Crippen LogP contribution in [0.15, 0.2) is 48.5 Å². The number of benzene rings is 2. The van der Waals surface area contributed by atoms with E-state index < -0.39 is 10.0 Å². The molecule has 1 aliphatic rings. The Morgan fingerprint density at radius 1 is 1.17 bits per heavy atom. The first kappa shape index (κ1) is 22.2. The molecule has 0 saturated heterocycles. The lowest BCUT2D eigenvalue weighted by Gasteiger charge is -2.26. The lowest BCUT2D eigenvalue weighted by molar-refractivity contribution is -0.122. The van der Waals surface area contributed by atoms with Crippen LogP contribution in [0.2, 0.25) is 0 Å². The van der Waals surface area contributed by atoms with E-state index in [0.717, 1.165) is 19.3 Å². The van der Waals surface area contributed by atoms with Crippen LogP contribution < -0.4 is 14.4 Å². The van der Waals surface area contributed by atoms with Crippen LogP contribution in [0.5, 0.6) is 5.75 Å². The Labute approximate surface area is 179 Å². The van der Waals surface area contributed by atoms with Gasteiger partial charge in [-0.1, -0.05) is 24.3 Å². The summed E-state index contributed by atoms with van der Waals surface area (Å²) < 4.78 is 31.3. The van der Waals surface area contributed by atoms with Crippen molar-refractivity contribution in [3.05, 3.63) is 59.7 Å². The van der Waals surface area contributed by atoms with E-state index in [1.165, 1.54) is 21.7 Å². The first-order chi connectivity index (χ1) is 14.4. The summed E-state index contributed by atoms with van der Waals surface area (Å²) in [5.41, 5.74) is 3.07. The van der Waals surface area contributed by atoms with Gasteiger partial charge in [0.1, 0.15) is 5.75 Å². The van der Waals surface area contributed by atoms with Crippen LogP contribution in [0.25, 0.3) is 0 Å². The highest BCUT2D eigenvalue weighted by atomic mass is 32.2. The molecule has 1 aliphatic carbocycles. The molecule has 6 nitrogen and oxygen atoms in total. The summed E-state index contributed by atoms with van der Waals surface area (Å²) in [6, 6.07) is 15.2. The smallest absolute Gasteiger partial charge is 0.232 e. The Hall–Kier alpha value is -2.54. The van der Waals surface area contributed by atoms with Gasteiger partial charge in [-0.25, -0.2) is 8.42 Å². The zero-order valence-electron chi connectivity index (χ0n) is 17.6. The maximum atomic E-state index is 12.5. The van der Waals surface area contributed by atoms with Gasteiger partial charge < -0.3 is 10.1 Å². The van der Waals surface area contributed by atoms with Crippen LogP contribution in [0.4, 0.5) is 5.69 Å². The average Bonchev–Trinajstić information content (AvgIpc) is 2.72. The Balaban J connectivity index is 1.57. The van der Waals surface area contributed by atoms with Crippen LogP contribution in [0.1, 0.15) is 49.8 Å². The number of hydrogen-bond donors (Lipinski definition) is 1. The molecule has 0 heterocycles. The Kier molecular flexibility index (Phi) is 7.37. The number of nitrogens with zero attached hydrogens (tertiary/aromatic N) is 1. The largest absolute Gasteiger partial charge is 0.494 e. The molecule has 30 heavy (non-hydrogen) atoms. The summed E-state index contributed by atoms with van der Waals surface area (Å²) in [7, 11) is -3.45. The summed E-state index contributed by atoms with van der Waals surface area (Å²) in [5, 5.41) is 3.13. The Morgan fingerprint density at radius 3 is 2.60 bits per heavy atom. The molecule has 1 amide bonds. The summed E-state index contributed by atoms with van der Waals surface area (Å²) in [5.74, 6) is 0.652. The predicted octanol–water partition coefficient (Wildman–Crippen LogP) is 3.83. The van der Waals surface area contributed by atoms with E-state index in [1.54, 1.807) is 24.3 Å². The molecule has 1 unspecified atom stereocenters. The molecule has 0 radical (unpaired) electrons. The number of hydrogen-bond acceptors (Lipinski definition) is 4. The molecule has 3 rings (SSSR count). The van der Waals surface area contributed by atoms with Crippen LogP contribution >= 0.6 is 0 Å². The van der Waals surface area contributed by atoms with E-state index in [9.17, 15) is 13.2 Å². The molecule has 0 bridgehead atoms. The van der Waals surface area contributed by atoms with E-state index >= 15 is 0 Å². The van der Waals surface area contributed by atoms with Gasteiger partial charge in [-0.3, -0.25) is 9.10 Å². The number of nitrogens with one attached hydrogen (secondary N) is 1. The third kappa shape index (κ3) is 5.75. The van der Waals surface area contributed by atoms with Crippen LogP contribution in [-0.2, 0) is 21.2 Å². The average molecular weight is 431 g/mol. The minimum absolute atomic E-state index is 0.0413. The quantitative estimate of drug-likeness (QED) is 0.656. The molecule has 0 saturated carbocycles. The maximum Gasteiger partial charge on any atom is 0.232 e. The number of ether oxygens (including phenoxy) is 1. The van der Waals surface area contributed by atoms with Gasteiger partial charge in [-0.15, -0.1) is 0 Å². The monoisotopic (exact) mass is 430 g/mol. The fraction of sp³-hybridized carbons (Fsp3) is 0.435. The molecule has 0 spiro atoms. The van der Waals surface area contributed by atoms with Gasteiger partial charge in [0.15, 0.2) is 0 Å². The number of anilines is 1. The normalized spacial score (nSPS) is 15.9. The van der Waals surface area contributed by atoms with E-state index in [2.05, 4.69) is 17.4 Å². The van der Waals surface area contributed by atoms with Crippen molar-refractivity contribution in [2.24, 2.45) is 0 Å². The molecule has 0 aliphatic heterocycles. The second kappa shape index (κ2) is 9.98. The van der Waals surface area contributed by atoms with Crippen molar-refractivity contribution in [2.45, 2.75) is 45.1 Å². The lowest BCUT2D eigenvalue weighted by Crippen LogP contribution is -2.33. The predicted molar refractivity (Wildman–Crippen MR) is 119 cm³/mol. The SMILES string of the molecule is CCOc1ccc(N(CCCC(=O)NC2CCCc3ccccc32)S(C)(=O)=O)cc1. The second-order valence-corrected chi connectivity index (χ2v) is 9.48. The highest BCUT2D eigenvalue weighted by Crippen LogP contribution is 2.29. The van der Waals surface area contributed by atoms with Gasteiger partial charge in [0.2, 0.25) is 15.9 Å². The van der Waals surface area contributed by atoms with Gasteiger partial charge in [0.25, 0.3) is 0 Å². The minimum atomic E-state index is -3.45. The van der Waals surface area contributed by atoms with E-state index in [1.807, 2.05) is 19.1 Å². The van der Waals surface area contributed by atoms with Crippen molar-refractivity contribution >= 4 is 21.6 Å². The standard InChI is InChI=1S/C23H30N2O4S/c1-3-29-20-15-13-19(14-16-20)25(30(2,27)28)17-7-12-23(26)24-22-11-6-9-18-8-4-5-10-21(18)22/h4-5,8,10,13-16,22H,3,6-7,9,11-12,17H2,1-2H3,(H,24,26). The Morgan fingerprint density at radius 2 is 1.90 bits per heavy atom. The molecular formula is C23H30N2O4S. The molecule has 2 aromatic rings. The molecule has 7 heteroatoms. The van der Waals surface area contributed by atoms with Crippen molar-refractivity contribution < 1.29 is 17.9 Å². The van der Waals surface area contributed by atoms with Crippen molar-refractivity contribution in [2.75, 3.05) is 23.7 Å². The minimum Gasteiger partial charge on any atom is -0.494 e. The van der Waals surface area contributed by atoms with Crippen LogP contribution in [-0.4, -0.2) is 33.7 Å². The molecule has 2 aromatic carbocycles. The third-order valence-electron chi connectivity index (χ3n) is 5.31. The second-order valence-electron chi connectivity index (χ2n) is 7.58. The first-order valence-corrected chi connectivity index (χ1v) is 12.3. The van der Waals surface area contributed by atoms with Crippen molar-refractivity contribution in [3.63, 3.8) is 0 Å². The molecule has 162 valence electrons. The van der Waals surface area contributed by atoms with Gasteiger partial charge in [-0.05, 0) is 68.0 Å². The number of aryl methyl sites for hydroxylation is 1. The fourth-order valence-electron chi connectivity index (χ4n) is 3.92. The summed E-state index contributed by atoms with van der Waals surface area (Å²) >= 11 is 0. The van der Waals surface area contributed by atoms with E-state index in [-0.39, 0.29) is 24.9 Å². The number of carbonyl (C=O) groups excluding carboxylic acids is 1. The van der Waals surface area contributed by atoms with Crippen molar-refractivity contribution in [1.82, 2.24) is 5.32 Å². The zero-order valence-corrected chi connectivity index (χ0v) is 18.5. The Bertz CT molecular complexity index is 957. The van der Waals surface area contributed by atoms with E-state index in [4.69, 9.17) is 4.74 Å².